The molecule has 0 radical (unpaired) electrons. The monoisotopic (exact) mass is 422 g/mol. The highest BCUT2D eigenvalue weighted by atomic mass is 35.5. The first kappa shape index (κ1) is 18.0. The number of oxazole rings is 1. The van der Waals surface area contributed by atoms with E-state index in [1.54, 1.807) is 42.6 Å². The Balaban J connectivity index is 1.74. The number of alkyl halides is 1. The molecule has 0 amide bonds. The average molecular weight is 423 g/mol. The number of aromatic nitrogens is 2. The summed E-state index contributed by atoms with van der Waals surface area (Å²) in [5.74, 6) is 0.645. The van der Waals surface area contributed by atoms with Gasteiger partial charge in [-0.25, -0.2) is 17.4 Å². The topological polar surface area (TPSA) is 65.1 Å². The highest BCUT2D eigenvalue weighted by molar-refractivity contribution is 7.90. The predicted octanol–water partition coefficient (Wildman–Crippen LogP) is 5.43. The van der Waals surface area contributed by atoms with Crippen molar-refractivity contribution in [1.29, 1.82) is 0 Å². The summed E-state index contributed by atoms with van der Waals surface area (Å²) in [6.45, 7) is 0. The van der Waals surface area contributed by atoms with Crippen molar-refractivity contribution in [2.75, 3.05) is 0 Å². The molecule has 29 heavy (non-hydrogen) atoms. The molecule has 0 atom stereocenters. The summed E-state index contributed by atoms with van der Waals surface area (Å²) in [7, 11) is -3.73. The highest BCUT2D eigenvalue weighted by Gasteiger charge is 2.21. The largest absolute Gasteiger partial charge is 0.439 e. The molecule has 5 aromatic rings. The van der Waals surface area contributed by atoms with E-state index in [2.05, 4.69) is 4.98 Å². The fourth-order valence-corrected chi connectivity index (χ4v) is 4.99. The second kappa shape index (κ2) is 6.76. The summed E-state index contributed by atoms with van der Waals surface area (Å²) in [5.41, 5.74) is 3.58. The van der Waals surface area contributed by atoms with E-state index in [4.69, 9.17) is 16.0 Å². The maximum absolute atomic E-state index is 13.3. The molecule has 5 nitrogen and oxygen atoms in total. The molecular formula is C22H15ClN2O3S. The van der Waals surface area contributed by atoms with Crippen molar-refractivity contribution in [2.45, 2.75) is 10.8 Å². The summed E-state index contributed by atoms with van der Waals surface area (Å²) in [6, 6.07) is 21.5. The lowest BCUT2D eigenvalue weighted by atomic mass is 10.0. The molecule has 0 aliphatic heterocycles. The number of hydrogen-bond donors (Lipinski definition) is 0. The Hall–Kier alpha value is -3.09. The third-order valence-corrected chi connectivity index (χ3v) is 6.75. The lowest BCUT2D eigenvalue weighted by Gasteiger charge is -2.07. The molecule has 0 aliphatic rings. The van der Waals surface area contributed by atoms with Crippen molar-refractivity contribution in [3.8, 4) is 11.1 Å². The zero-order valence-corrected chi connectivity index (χ0v) is 16.7. The van der Waals surface area contributed by atoms with Crippen LogP contribution in [0.5, 0.6) is 0 Å². The third-order valence-electron chi connectivity index (χ3n) is 4.84. The van der Waals surface area contributed by atoms with E-state index in [9.17, 15) is 8.42 Å². The standard InChI is InChI=1S/C22H15ClN2O3S/c23-13-22-24-19-11-10-15(12-21(19)28-22)18-14-25(20-9-5-4-8-17(18)20)29(26,27)16-6-2-1-3-7-16/h1-12,14H,13H2. The van der Waals surface area contributed by atoms with Crippen LogP contribution in [0.4, 0.5) is 0 Å². The van der Waals surface area contributed by atoms with Gasteiger partial charge < -0.3 is 4.42 Å². The van der Waals surface area contributed by atoms with Crippen LogP contribution in [0.1, 0.15) is 5.89 Å². The van der Waals surface area contributed by atoms with Crippen LogP contribution < -0.4 is 0 Å². The number of fused-ring (bicyclic) bond motifs is 2. The SMILES string of the molecule is O=S(=O)(c1ccccc1)n1cc(-c2ccc3nc(CCl)oc3c2)c2ccccc21. The van der Waals surface area contributed by atoms with Gasteiger partial charge >= 0.3 is 0 Å². The second-order valence-corrected chi connectivity index (χ2v) is 8.68. The Morgan fingerprint density at radius 1 is 0.966 bits per heavy atom. The van der Waals surface area contributed by atoms with Gasteiger partial charge in [-0.3, -0.25) is 0 Å². The van der Waals surface area contributed by atoms with Crippen molar-refractivity contribution in [3.05, 3.63) is 84.9 Å². The van der Waals surface area contributed by atoms with Gasteiger partial charge in [-0.15, -0.1) is 11.6 Å². The van der Waals surface area contributed by atoms with E-state index in [0.29, 0.717) is 22.5 Å². The molecule has 144 valence electrons. The first-order valence-corrected chi connectivity index (χ1v) is 10.9. The number of para-hydroxylation sites is 1. The number of nitrogens with zero attached hydrogens (tertiary/aromatic N) is 2. The van der Waals surface area contributed by atoms with Gasteiger partial charge in [0.25, 0.3) is 10.0 Å². The Morgan fingerprint density at radius 2 is 1.72 bits per heavy atom. The van der Waals surface area contributed by atoms with E-state index in [1.165, 1.54) is 3.97 Å². The number of hydrogen-bond acceptors (Lipinski definition) is 4. The van der Waals surface area contributed by atoms with Gasteiger partial charge in [-0.1, -0.05) is 42.5 Å². The first-order valence-electron chi connectivity index (χ1n) is 8.94. The van der Waals surface area contributed by atoms with E-state index in [0.717, 1.165) is 16.5 Å². The minimum absolute atomic E-state index is 0.193. The molecule has 0 saturated heterocycles. The van der Waals surface area contributed by atoms with E-state index in [1.807, 2.05) is 36.4 Å². The molecule has 3 aromatic carbocycles. The summed E-state index contributed by atoms with van der Waals surface area (Å²) < 4.78 is 33.5. The van der Waals surface area contributed by atoms with Crippen LogP contribution in [0.25, 0.3) is 33.1 Å². The zero-order chi connectivity index (χ0) is 20.0. The lowest BCUT2D eigenvalue weighted by Crippen LogP contribution is -2.11. The molecule has 0 saturated carbocycles. The zero-order valence-electron chi connectivity index (χ0n) is 15.1. The van der Waals surface area contributed by atoms with Crippen molar-refractivity contribution in [2.24, 2.45) is 0 Å². The van der Waals surface area contributed by atoms with Crippen LogP contribution in [0.2, 0.25) is 0 Å². The molecule has 0 spiro atoms. The molecule has 0 bridgehead atoms. The number of halogens is 1. The Morgan fingerprint density at radius 3 is 2.52 bits per heavy atom. The van der Waals surface area contributed by atoms with Crippen molar-refractivity contribution >= 4 is 43.6 Å². The van der Waals surface area contributed by atoms with Gasteiger partial charge in [0.05, 0.1) is 16.3 Å². The molecule has 2 heterocycles. The van der Waals surface area contributed by atoms with Crippen molar-refractivity contribution in [1.82, 2.24) is 8.96 Å². The Bertz CT molecular complexity index is 1450. The van der Waals surface area contributed by atoms with Crippen LogP contribution in [0.3, 0.4) is 0 Å². The molecule has 0 fully saturated rings. The lowest BCUT2D eigenvalue weighted by molar-refractivity contribution is 0.555. The highest BCUT2D eigenvalue weighted by Crippen LogP contribution is 2.34. The first-order chi connectivity index (χ1) is 14.1. The van der Waals surface area contributed by atoms with Crippen LogP contribution in [0, 0.1) is 0 Å². The molecule has 0 unspecified atom stereocenters. The smallest absolute Gasteiger partial charge is 0.268 e. The van der Waals surface area contributed by atoms with Gasteiger partial charge in [0.1, 0.15) is 5.52 Å². The van der Waals surface area contributed by atoms with Crippen LogP contribution in [-0.2, 0) is 15.9 Å². The average Bonchev–Trinajstić information content (AvgIpc) is 3.35. The van der Waals surface area contributed by atoms with E-state index in [-0.39, 0.29) is 10.8 Å². The molecule has 2 aromatic heterocycles. The van der Waals surface area contributed by atoms with Gasteiger partial charge in [-0.05, 0) is 35.9 Å². The van der Waals surface area contributed by atoms with E-state index < -0.39 is 10.0 Å². The molecular weight excluding hydrogens is 408 g/mol. The van der Waals surface area contributed by atoms with Crippen LogP contribution in [0.15, 0.2) is 88.3 Å². The number of benzene rings is 3. The minimum atomic E-state index is -3.73. The van der Waals surface area contributed by atoms with Gasteiger partial charge in [0.15, 0.2) is 5.58 Å². The maximum Gasteiger partial charge on any atom is 0.268 e. The predicted molar refractivity (Wildman–Crippen MR) is 114 cm³/mol. The third kappa shape index (κ3) is 2.92. The fraction of sp³-hybridized carbons (Fsp3) is 0.0455. The fourth-order valence-electron chi connectivity index (χ4n) is 3.48. The Labute approximate surface area is 172 Å². The van der Waals surface area contributed by atoms with E-state index >= 15 is 0 Å². The molecule has 0 aliphatic carbocycles. The summed E-state index contributed by atoms with van der Waals surface area (Å²) in [4.78, 5) is 4.55. The minimum Gasteiger partial charge on any atom is -0.439 e. The summed E-state index contributed by atoms with van der Waals surface area (Å²) >= 11 is 5.82. The molecule has 5 rings (SSSR count). The Kier molecular flexibility index (Phi) is 4.19. The van der Waals surface area contributed by atoms with Crippen molar-refractivity contribution < 1.29 is 12.8 Å². The molecule has 0 N–H and O–H groups in total. The van der Waals surface area contributed by atoms with Gasteiger partial charge in [0, 0.05) is 17.1 Å². The van der Waals surface area contributed by atoms with Gasteiger partial charge in [-0.2, -0.15) is 0 Å². The van der Waals surface area contributed by atoms with Crippen molar-refractivity contribution in [3.63, 3.8) is 0 Å². The summed E-state index contributed by atoms with van der Waals surface area (Å²) in [5, 5.41) is 0.837. The van der Waals surface area contributed by atoms with Crippen LogP contribution >= 0.6 is 11.6 Å². The van der Waals surface area contributed by atoms with Crippen LogP contribution in [-0.4, -0.2) is 17.4 Å². The summed E-state index contributed by atoms with van der Waals surface area (Å²) in [6.07, 6.45) is 1.66. The second-order valence-electron chi connectivity index (χ2n) is 6.60. The van der Waals surface area contributed by atoms with Gasteiger partial charge in [0.2, 0.25) is 5.89 Å². The molecule has 7 heteroatoms. The quantitative estimate of drug-likeness (QED) is 0.362. The number of rotatable bonds is 4. The normalized spacial score (nSPS) is 12.0. The maximum atomic E-state index is 13.3.